The molecule has 4 atom stereocenters. The first-order valence-corrected chi connectivity index (χ1v) is 12.1. The van der Waals surface area contributed by atoms with Crippen LogP contribution in [0.15, 0.2) is 72.0 Å². The minimum Gasteiger partial charge on any atom is -0.394 e. The number of amides is 1. The van der Waals surface area contributed by atoms with Crippen molar-refractivity contribution >= 4 is 40.8 Å². The number of hydrogen-bond acceptors (Lipinski definition) is 10. The van der Waals surface area contributed by atoms with Gasteiger partial charge in [0.25, 0.3) is 0 Å². The summed E-state index contributed by atoms with van der Waals surface area (Å²) < 4.78 is 12.7. The Kier molecular flexibility index (Phi) is 7.47. The molecule has 1 saturated heterocycles. The first kappa shape index (κ1) is 26.2. The Hall–Kier alpha value is -4.43. The zero-order valence-electron chi connectivity index (χ0n) is 21.1. The molecule has 0 aliphatic carbocycles. The van der Waals surface area contributed by atoms with Crippen LogP contribution in [0.5, 0.6) is 6.01 Å². The van der Waals surface area contributed by atoms with Gasteiger partial charge in [-0.25, -0.2) is 19.7 Å². The lowest BCUT2D eigenvalue weighted by molar-refractivity contribution is -0.0511. The lowest BCUT2D eigenvalue weighted by atomic mass is 10.1. The highest BCUT2D eigenvalue weighted by atomic mass is 16.6. The molecule has 0 saturated carbocycles. The van der Waals surface area contributed by atoms with Gasteiger partial charge < -0.3 is 29.7 Å². The van der Waals surface area contributed by atoms with Crippen molar-refractivity contribution in [3.05, 3.63) is 67.0 Å². The summed E-state index contributed by atoms with van der Waals surface area (Å²) in [7, 11) is 3.55. The standard InChI is InChI=1S/C26H27N7O6/c1-31(2)14-28-22-19-23(32(15-27-19)24-21(36)20(35)18(13-34)38-24)30-25(29-22)39-26(37)33(16-9-5-3-6-10-16)17-11-7-4-8-12-17/h3-12,14-15,18,20-21,24,34-36H,13H2,1-2H3/t18-,20?,21+,24-/m1/s1. The Bertz CT molecular complexity index is 1420. The van der Waals surface area contributed by atoms with Gasteiger partial charge in [0.05, 0.1) is 30.6 Å². The molecule has 0 bridgehead atoms. The normalized spacial score (nSPS) is 20.9. The van der Waals surface area contributed by atoms with Crippen LogP contribution < -0.4 is 9.64 Å². The van der Waals surface area contributed by atoms with Crippen LogP contribution in [0.4, 0.5) is 22.0 Å². The van der Waals surface area contributed by atoms with Crippen LogP contribution in [0.2, 0.25) is 0 Å². The number of aliphatic hydroxyl groups excluding tert-OH is 3. The number of fused-ring (bicyclic) bond motifs is 1. The van der Waals surface area contributed by atoms with E-state index in [2.05, 4.69) is 19.9 Å². The molecule has 1 aliphatic rings. The van der Waals surface area contributed by atoms with E-state index in [0.29, 0.717) is 11.4 Å². The molecule has 1 fully saturated rings. The third kappa shape index (κ3) is 5.28. The summed E-state index contributed by atoms with van der Waals surface area (Å²) in [6.45, 7) is -0.494. The molecule has 0 spiro atoms. The number of nitrogens with zero attached hydrogens (tertiary/aromatic N) is 7. The third-order valence-electron chi connectivity index (χ3n) is 5.97. The smallest absolute Gasteiger partial charge is 0.394 e. The summed E-state index contributed by atoms with van der Waals surface area (Å²) in [6, 6.07) is 17.6. The second-order valence-electron chi connectivity index (χ2n) is 8.97. The van der Waals surface area contributed by atoms with Crippen molar-refractivity contribution in [3.63, 3.8) is 0 Å². The fourth-order valence-corrected chi connectivity index (χ4v) is 4.12. The van der Waals surface area contributed by atoms with Crippen molar-refractivity contribution in [1.29, 1.82) is 0 Å². The van der Waals surface area contributed by atoms with Crippen LogP contribution in [0, 0.1) is 0 Å². The molecule has 1 unspecified atom stereocenters. The van der Waals surface area contributed by atoms with E-state index in [9.17, 15) is 20.1 Å². The van der Waals surface area contributed by atoms with E-state index in [1.165, 1.54) is 22.1 Å². The van der Waals surface area contributed by atoms with E-state index in [1.54, 1.807) is 67.5 Å². The van der Waals surface area contributed by atoms with Crippen molar-refractivity contribution in [2.45, 2.75) is 24.5 Å². The van der Waals surface area contributed by atoms with E-state index in [4.69, 9.17) is 9.47 Å². The Balaban J connectivity index is 1.56. The monoisotopic (exact) mass is 533 g/mol. The van der Waals surface area contributed by atoms with E-state index >= 15 is 0 Å². The van der Waals surface area contributed by atoms with E-state index in [0.717, 1.165) is 0 Å². The first-order chi connectivity index (χ1) is 18.9. The highest BCUT2D eigenvalue weighted by Crippen LogP contribution is 2.34. The fraction of sp³-hybridized carbons (Fsp3) is 0.269. The van der Waals surface area contributed by atoms with Crippen LogP contribution in [-0.4, -0.2) is 91.2 Å². The predicted octanol–water partition coefficient (Wildman–Crippen LogP) is 2.00. The van der Waals surface area contributed by atoms with Gasteiger partial charge in [0.15, 0.2) is 23.2 Å². The molecule has 2 aromatic carbocycles. The molecule has 3 heterocycles. The molecule has 0 radical (unpaired) electrons. The molecular formula is C26H27N7O6. The molecule has 5 rings (SSSR count). The number of ether oxygens (including phenoxy) is 2. The quantitative estimate of drug-likeness (QED) is 0.237. The Morgan fingerprint density at radius 2 is 1.69 bits per heavy atom. The van der Waals surface area contributed by atoms with Gasteiger partial charge in [0.1, 0.15) is 18.3 Å². The summed E-state index contributed by atoms with van der Waals surface area (Å²) in [5.41, 5.74) is 1.52. The molecule has 1 amide bonds. The van der Waals surface area contributed by atoms with Crippen LogP contribution in [0.25, 0.3) is 11.2 Å². The summed E-state index contributed by atoms with van der Waals surface area (Å²) in [5.74, 6) is 0.105. The predicted molar refractivity (Wildman–Crippen MR) is 141 cm³/mol. The number of aliphatic hydroxyl groups is 3. The number of hydrogen-bond donors (Lipinski definition) is 3. The molecule has 2 aromatic heterocycles. The van der Waals surface area contributed by atoms with E-state index < -0.39 is 37.2 Å². The number of carbonyl (C=O) groups is 1. The minimum absolute atomic E-state index is 0.105. The molecule has 3 N–H and O–H groups in total. The number of para-hydroxylation sites is 2. The van der Waals surface area contributed by atoms with Gasteiger partial charge >= 0.3 is 12.1 Å². The largest absolute Gasteiger partial charge is 0.426 e. The Morgan fingerprint density at radius 3 is 2.26 bits per heavy atom. The van der Waals surface area contributed by atoms with Crippen LogP contribution >= 0.6 is 0 Å². The van der Waals surface area contributed by atoms with Crippen molar-refractivity contribution in [2.24, 2.45) is 4.99 Å². The maximum atomic E-state index is 13.5. The highest BCUT2D eigenvalue weighted by molar-refractivity contribution is 5.97. The lowest BCUT2D eigenvalue weighted by Gasteiger charge is -2.21. The van der Waals surface area contributed by atoms with Crippen molar-refractivity contribution < 1.29 is 29.6 Å². The second kappa shape index (κ2) is 11.1. The average Bonchev–Trinajstić information content (AvgIpc) is 3.48. The van der Waals surface area contributed by atoms with Gasteiger partial charge in [-0.1, -0.05) is 36.4 Å². The number of rotatable bonds is 7. The topological polar surface area (TPSA) is 159 Å². The molecule has 4 aromatic rings. The number of imidazole rings is 1. The maximum absolute atomic E-state index is 13.5. The summed E-state index contributed by atoms with van der Waals surface area (Å²) in [5, 5.41) is 30.3. The molecule has 13 nitrogen and oxygen atoms in total. The average molecular weight is 534 g/mol. The van der Waals surface area contributed by atoms with E-state index in [1.807, 2.05) is 12.1 Å². The van der Waals surface area contributed by atoms with Crippen molar-refractivity contribution in [3.8, 4) is 6.01 Å². The number of aliphatic imine (C=N–C) groups is 1. The number of benzene rings is 2. The van der Waals surface area contributed by atoms with Crippen LogP contribution in [0.3, 0.4) is 0 Å². The summed E-state index contributed by atoms with van der Waals surface area (Å²) >= 11 is 0. The molecule has 1 aliphatic heterocycles. The van der Waals surface area contributed by atoms with Crippen molar-refractivity contribution in [2.75, 3.05) is 25.6 Å². The maximum Gasteiger partial charge on any atom is 0.426 e. The highest BCUT2D eigenvalue weighted by Gasteiger charge is 2.44. The van der Waals surface area contributed by atoms with Gasteiger partial charge in [-0.15, -0.1) is 0 Å². The zero-order valence-corrected chi connectivity index (χ0v) is 21.1. The van der Waals surface area contributed by atoms with E-state index in [-0.39, 0.29) is 23.0 Å². The van der Waals surface area contributed by atoms with Crippen LogP contribution in [0.1, 0.15) is 6.23 Å². The van der Waals surface area contributed by atoms with Gasteiger partial charge in [0.2, 0.25) is 0 Å². The molecule has 13 heteroatoms. The van der Waals surface area contributed by atoms with Crippen molar-refractivity contribution in [1.82, 2.24) is 24.4 Å². The Labute approximate surface area is 223 Å². The third-order valence-corrected chi connectivity index (χ3v) is 5.97. The van der Waals surface area contributed by atoms with Gasteiger partial charge in [-0.3, -0.25) is 4.57 Å². The van der Waals surface area contributed by atoms with Gasteiger partial charge in [-0.2, -0.15) is 9.97 Å². The second-order valence-corrected chi connectivity index (χ2v) is 8.97. The minimum atomic E-state index is -1.37. The fourth-order valence-electron chi connectivity index (χ4n) is 4.12. The summed E-state index contributed by atoms with van der Waals surface area (Å²) in [6.07, 6.45) is -2.74. The number of carbonyl (C=O) groups excluding carboxylic acids is 1. The zero-order chi connectivity index (χ0) is 27.5. The molecule has 39 heavy (non-hydrogen) atoms. The molecular weight excluding hydrogens is 506 g/mol. The number of anilines is 2. The van der Waals surface area contributed by atoms with Crippen LogP contribution in [-0.2, 0) is 4.74 Å². The SMILES string of the molecule is CN(C)C=Nc1nc(OC(=O)N(c2ccccc2)c2ccccc2)nc2c1ncn2[C@@H]1O[C@H](CO)C(O)[C@@H]1O. The number of aromatic nitrogens is 4. The van der Waals surface area contributed by atoms with Gasteiger partial charge in [-0.05, 0) is 24.3 Å². The Morgan fingerprint density at radius 1 is 1.05 bits per heavy atom. The van der Waals surface area contributed by atoms with Gasteiger partial charge in [0, 0.05) is 14.1 Å². The lowest BCUT2D eigenvalue weighted by Crippen LogP contribution is -2.33. The first-order valence-electron chi connectivity index (χ1n) is 12.1. The summed E-state index contributed by atoms with van der Waals surface area (Å²) in [4.78, 5) is 33.9. The molecule has 202 valence electrons.